The minimum atomic E-state index is -0.403. The van der Waals surface area contributed by atoms with Crippen LogP contribution in [0.1, 0.15) is 23.4 Å². The molecule has 0 saturated heterocycles. The molecule has 1 atom stereocenters. The van der Waals surface area contributed by atoms with Crippen LogP contribution >= 0.6 is 34.5 Å². The maximum atomic E-state index is 13.5. The topological polar surface area (TPSA) is 12.0 Å². The molecule has 0 aliphatic carbocycles. The molecule has 0 spiro atoms. The van der Waals surface area contributed by atoms with Gasteiger partial charge in [-0.05, 0) is 36.4 Å². The molecule has 1 aromatic carbocycles. The summed E-state index contributed by atoms with van der Waals surface area (Å²) in [5, 5.41) is 3.45. The van der Waals surface area contributed by atoms with E-state index in [0.717, 1.165) is 21.3 Å². The Hall–Kier alpha value is -0.610. The van der Waals surface area contributed by atoms with Gasteiger partial charge in [-0.3, -0.25) is 0 Å². The van der Waals surface area contributed by atoms with Crippen LogP contribution in [0.3, 0.4) is 0 Å². The number of hydrogen-bond acceptors (Lipinski definition) is 2. The van der Waals surface area contributed by atoms with E-state index in [1.54, 1.807) is 6.07 Å². The molecule has 0 radical (unpaired) electrons. The van der Waals surface area contributed by atoms with Crippen molar-refractivity contribution in [1.82, 2.24) is 5.32 Å². The van der Waals surface area contributed by atoms with Crippen LogP contribution in [0.4, 0.5) is 4.39 Å². The Morgan fingerprint density at radius 3 is 2.61 bits per heavy atom. The molecule has 0 saturated carbocycles. The van der Waals surface area contributed by atoms with Crippen LogP contribution in [0, 0.1) is 5.82 Å². The van der Waals surface area contributed by atoms with Crippen LogP contribution in [0.2, 0.25) is 9.36 Å². The van der Waals surface area contributed by atoms with Gasteiger partial charge in [0.15, 0.2) is 0 Å². The molecule has 18 heavy (non-hydrogen) atoms. The van der Waals surface area contributed by atoms with E-state index in [0.29, 0.717) is 0 Å². The molecule has 1 heterocycles. The fourth-order valence-corrected chi connectivity index (χ4v) is 3.04. The maximum Gasteiger partial charge on any atom is 0.142 e. The largest absolute Gasteiger partial charge is 0.306 e. The first-order chi connectivity index (χ1) is 8.61. The maximum absolute atomic E-state index is 13.5. The molecule has 1 nitrogen and oxygen atoms in total. The zero-order valence-corrected chi connectivity index (χ0v) is 12.0. The molecule has 1 unspecified atom stereocenters. The summed E-state index contributed by atoms with van der Waals surface area (Å²) in [5.74, 6) is -0.403. The van der Waals surface area contributed by atoms with Crippen molar-refractivity contribution in [2.24, 2.45) is 0 Å². The molecule has 0 bridgehead atoms. The molecular weight excluding hydrogens is 292 g/mol. The highest BCUT2D eigenvalue weighted by molar-refractivity contribution is 7.16. The summed E-state index contributed by atoms with van der Waals surface area (Å²) in [6.45, 7) is 2.79. The zero-order valence-electron chi connectivity index (χ0n) is 9.71. The predicted molar refractivity (Wildman–Crippen MR) is 76.3 cm³/mol. The lowest BCUT2D eigenvalue weighted by Crippen LogP contribution is -2.21. The van der Waals surface area contributed by atoms with E-state index in [9.17, 15) is 4.39 Å². The van der Waals surface area contributed by atoms with E-state index >= 15 is 0 Å². The van der Waals surface area contributed by atoms with Crippen LogP contribution in [0.25, 0.3) is 0 Å². The number of rotatable bonds is 4. The first kappa shape index (κ1) is 13.8. The van der Waals surface area contributed by atoms with Gasteiger partial charge in [0, 0.05) is 4.88 Å². The Morgan fingerprint density at radius 1 is 1.28 bits per heavy atom. The van der Waals surface area contributed by atoms with Crippen LogP contribution in [-0.2, 0) is 0 Å². The van der Waals surface area contributed by atoms with Crippen molar-refractivity contribution in [3.8, 4) is 0 Å². The minimum absolute atomic E-state index is 0.0562. The molecule has 0 amide bonds. The van der Waals surface area contributed by atoms with Gasteiger partial charge in [-0.1, -0.05) is 36.2 Å². The smallest absolute Gasteiger partial charge is 0.142 e. The summed E-state index contributed by atoms with van der Waals surface area (Å²) in [6.07, 6.45) is 0. The summed E-state index contributed by atoms with van der Waals surface area (Å²) in [6, 6.07) is 8.60. The molecule has 0 fully saturated rings. The third kappa shape index (κ3) is 3.04. The summed E-state index contributed by atoms with van der Waals surface area (Å²) >= 11 is 13.1. The van der Waals surface area contributed by atoms with E-state index in [1.807, 2.05) is 25.1 Å². The Morgan fingerprint density at radius 2 is 2.06 bits per heavy atom. The van der Waals surface area contributed by atoms with Gasteiger partial charge in [-0.15, -0.1) is 11.3 Å². The second-order valence-corrected chi connectivity index (χ2v) is 5.96. The SMILES string of the molecule is CCNC(c1ccc(Cl)c(F)c1)c1ccc(Cl)s1. The summed E-state index contributed by atoms with van der Waals surface area (Å²) < 4.78 is 14.2. The molecule has 2 rings (SSSR count). The average Bonchev–Trinajstić information content (AvgIpc) is 2.76. The summed E-state index contributed by atoms with van der Waals surface area (Å²) in [7, 11) is 0. The van der Waals surface area contributed by atoms with Gasteiger partial charge in [0.2, 0.25) is 0 Å². The molecule has 1 N–H and O–H groups in total. The molecule has 5 heteroatoms. The first-order valence-electron chi connectivity index (χ1n) is 5.55. The van der Waals surface area contributed by atoms with Crippen molar-refractivity contribution < 1.29 is 4.39 Å². The van der Waals surface area contributed by atoms with Gasteiger partial charge < -0.3 is 5.32 Å². The quantitative estimate of drug-likeness (QED) is 0.847. The second kappa shape index (κ2) is 6.02. The van der Waals surface area contributed by atoms with Gasteiger partial charge in [0.1, 0.15) is 5.82 Å². The van der Waals surface area contributed by atoms with Gasteiger partial charge in [-0.25, -0.2) is 4.39 Å². The standard InChI is InChI=1S/C13H12Cl2FNS/c1-2-17-13(11-5-6-12(15)18-11)8-3-4-9(14)10(16)7-8/h3-7,13,17H,2H2,1H3. The molecule has 2 aromatic rings. The molecule has 1 aromatic heterocycles. The van der Waals surface area contributed by atoms with E-state index in [1.165, 1.54) is 17.4 Å². The van der Waals surface area contributed by atoms with Gasteiger partial charge in [0.05, 0.1) is 15.4 Å². The lowest BCUT2D eigenvalue weighted by molar-refractivity contribution is 0.607. The van der Waals surface area contributed by atoms with Crippen LogP contribution in [0.5, 0.6) is 0 Å². The van der Waals surface area contributed by atoms with Crippen molar-refractivity contribution >= 4 is 34.5 Å². The monoisotopic (exact) mass is 303 g/mol. The Labute approximate surface area is 120 Å². The molecule has 96 valence electrons. The lowest BCUT2D eigenvalue weighted by Gasteiger charge is -2.17. The Bertz CT molecular complexity index is 542. The Kier molecular flexibility index (Phi) is 4.62. The van der Waals surface area contributed by atoms with Crippen molar-refractivity contribution in [3.05, 3.63) is 55.9 Å². The average molecular weight is 304 g/mol. The molecule has 0 aliphatic heterocycles. The number of halogens is 3. The van der Waals surface area contributed by atoms with Gasteiger partial charge in [-0.2, -0.15) is 0 Å². The second-order valence-electron chi connectivity index (χ2n) is 3.81. The zero-order chi connectivity index (χ0) is 13.1. The van der Waals surface area contributed by atoms with Crippen molar-refractivity contribution in [3.63, 3.8) is 0 Å². The third-order valence-corrected chi connectivity index (χ3v) is 4.17. The summed E-state index contributed by atoms with van der Waals surface area (Å²) in [5.41, 5.74) is 0.845. The van der Waals surface area contributed by atoms with E-state index in [4.69, 9.17) is 23.2 Å². The normalized spacial score (nSPS) is 12.7. The van der Waals surface area contributed by atoms with Crippen molar-refractivity contribution in [1.29, 1.82) is 0 Å². The fourth-order valence-electron chi connectivity index (χ4n) is 1.76. The first-order valence-corrected chi connectivity index (χ1v) is 7.12. The van der Waals surface area contributed by atoms with E-state index in [-0.39, 0.29) is 11.1 Å². The minimum Gasteiger partial charge on any atom is -0.306 e. The molecule has 0 aliphatic rings. The molecular formula is C13H12Cl2FNS. The van der Waals surface area contributed by atoms with E-state index < -0.39 is 5.82 Å². The van der Waals surface area contributed by atoms with Gasteiger partial charge >= 0.3 is 0 Å². The van der Waals surface area contributed by atoms with Crippen LogP contribution < -0.4 is 5.32 Å². The number of hydrogen-bond donors (Lipinski definition) is 1. The number of benzene rings is 1. The number of nitrogens with one attached hydrogen (secondary N) is 1. The Balaban J connectivity index is 2.37. The third-order valence-electron chi connectivity index (χ3n) is 2.56. The highest BCUT2D eigenvalue weighted by atomic mass is 35.5. The number of thiophene rings is 1. The lowest BCUT2D eigenvalue weighted by atomic mass is 10.1. The predicted octanol–water partition coefficient (Wildman–Crippen LogP) is 4.89. The van der Waals surface area contributed by atoms with Crippen LogP contribution in [-0.4, -0.2) is 6.54 Å². The van der Waals surface area contributed by atoms with Crippen molar-refractivity contribution in [2.45, 2.75) is 13.0 Å². The van der Waals surface area contributed by atoms with Gasteiger partial charge in [0.25, 0.3) is 0 Å². The van der Waals surface area contributed by atoms with E-state index in [2.05, 4.69) is 5.32 Å². The van der Waals surface area contributed by atoms with Crippen LogP contribution in [0.15, 0.2) is 30.3 Å². The highest BCUT2D eigenvalue weighted by Crippen LogP contribution is 2.32. The highest BCUT2D eigenvalue weighted by Gasteiger charge is 2.16. The fraction of sp³-hybridized carbons (Fsp3) is 0.231. The summed E-state index contributed by atoms with van der Waals surface area (Å²) in [4.78, 5) is 1.06. The van der Waals surface area contributed by atoms with Crippen molar-refractivity contribution in [2.75, 3.05) is 6.54 Å².